The number of aliphatic hydroxyl groups is 1. The van der Waals surface area contributed by atoms with Gasteiger partial charge in [-0.3, -0.25) is 33.2 Å². The van der Waals surface area contributed by atoms with Crippen molar-refractivity contribution in [3.8, 4) is 5.69 Å². The van der Waals surface area contributed by atoms with Crippen LogP contribution < -0.4 is 21.5 Å². The molecular weight excluding hydrogens is 931 g/mol. The van der Waals surface area contributed by atoms with E-state index >= 15 is 4.39 Å². The predicted molar refractivity (Wildman–Crippen MR) is 279 cm³/mol. The molecule has 2 aromatic carbocycles. The van der Waals surface area contributed by atoms with Crippen molar-refractivity contribution in [2.45, 2.75) is 96.5 Å². The highest BCUT2D eigenvalue weighted by Gasteiger charge is 2.41. The van der Waals surface area contributed by atoms with Crippen LogP contribution in [0.5, 0.6) is 0 Å². The molecule has 17 heteroatoms. The minimum absolute atomic E-state index is 0.0491. The van der Waals surface area contributed by atoms with E-state index < -0.39 is 18.1 Å². The Balaban J connectivity index is 0.702. The van der Waals surface area contributed by atoms with Gasteiger partial charge < -0.3 is 20.2 Å². The fourth-order valence-corrected chi connectivity index (χ4v) is 12.4. The third kappa shape index (κ3) is 9.16. The fourth-order valence-electron chi connectivity index (χ4n) is 12.4. The van der Waals surface area contributed by atoms with Crippen LogP contribution in [0.2, 0.25) is 0 Å². The van der Waals surface area contributed by atoms with Gasteiger partial charge in [0.05, 0.1) is 47.4 Å². The molecule has 15 nitrogen and oxygen atoms in total. The average molecular weight is 997 g/mol. The lowest BCUT2D eigenvalue weighted by atomic mass is 9.82. The van der Waals surface area contributed by atoms with Gasteiger partial charge >= 0.3 is 11.9 Å². The number of amides is 1. The number of nitrogens with zero attached hydrogens (tertiary/aromatic N) is 9. The quantitative estimate of drug-likeness (QED) is 0.142. The van der Waals surface area contributed by atoms with E-state index in [2.05, 4.69) is 69.0 Å². The van der Waals surface area contributed by atoms with Crippen molar-refractivity contribution in [1.29, 1.82) is 0 Å². The van der Waals surface area contributed by atoms with Gasteiger partial charge in [0.25, 0.3) is 11.5 Å². The summed E-state index contributed by atoms with van der Waals surface area (Å²) in [5, 5.41) is 13.5. The van der Waals surface area contributed by atoms with Gasteiger partial charge in [0.15, 0.2) is 25.5 Å². The molecule has 2 aliphatic carbocycles. The lowest BCUT2D eigenvalue weighted by Gasteiger charge is -2.37. The molecular formula is C56H66F2N10O5+2. The van der Waals surface area contributed by atoms with Gasteiger partial charge in [-0.2, -0.15) is 0 Å². The first kappa shape index (κ1) is 48.7. The maximum Gasteiger partial charge on any atom is 0.329 e. The van der Waals surface area contributed by atoms with Gasteiger partial charge in [0, 0.05) is 102 Å². The normalized spacial score (nSPS) is 22.5. The summed E-state index contributed by atoms with van der Waals surface area (Å²) in [6, 6.07) is 12.1. The first-order chi connectivity index (χ1) is 35.3. The van der Waals surface area contributed by atoms with Gasteiger partial charge in [-0.15, -0.1) is 0 Å². The van der Waals surface area contributed by atoms with E-state index in [1.807, 2.05) is 28.5 Å². The van der Waals surface area contributed by atoms with Crippen molar-refractivity contribution < 1.29 is 28.0 Å². The third-order valence-electron chi connectivity index (χ3n) is 16.7. The Labute approximate surface area is 423 Å². The minimum Gasteiger partial charge on any atom is -0.386 e. The second-order valence-corrected chi connectivity index (χ2v) is 21.2. The molecule has 5 aromatic rings. The van der Waals surface area contributed by atoms with Crippen LogP contribution in [0, 0.1) is 35.3 Å². The highest BCUT2D eigenvalue weighted by atomic mass is 19.1. The van der Waals surface area contributed by atoms with Crippen LogP contribution in [0.25, 0.3) is 28.4 Å². The number of fused-ring (bicyclic) bond motifs is 2. The number of carbonyl (C=O) groups is 1. The second-order valence-electron chi connectivity index (χ2n) is 21.2. The van der Waals surface area contributed by atoms with Crippen LogP contribution in [-0.2, 0) is 6.42 Å². The number of pyridine rings is 2. The zero-order valence-corrected chi connectivity index (χ0v) is 42.3. The van der Waals surface area contributed by atoms with Crippen LogP contribution >= 0.6 is 0 Å². The van der Waals surface area contributed by atoms with Crippen LogP contribution in [0.3, 0.4) is 0 Å². The molecule has 0 bridgehead atoms. The Kier molecular flexibility index (Phi) is 13.1. The standard InChI is InChI=1S/C56H65F2N10O5/c1-34-27-46-43(48(11-16-60-46)65-33-45(58)47(59-4)31-52(65)69)30-42(34)36(3)62-20-14-38(15-21-62)53-35(2)26-39(28-44(53)57)54(70)64-18-12-37(13-19-64)32-61-22-24-63(25-23-61)41-9-10-49-51(29-41)67(40-7-8-40)56(72)68(49)50-6-5-17-66(73)55(50)71/h9-11,14,16,26,28-34,36-37,40,50,55,71H,5-8,12-13,15,17-25,27H2,1-4H3/q+1/p+1/t34?,36-,50?,55?/m0/s1. The number of halogens is 2. The molecule has 7 heterocycles. The number of nitrogens with one attached hydrogen (secondary N) is 1. The maximum atomic E-state index is 16.2. The number of aromatic nitrogens is 4. The number of benzene rings is 2. The first-order valence-electron chi connectivity index (χ1n) is 26.3. The summed E-state index contributed by atoms with van der Waals surface area (Å²) >= 11 is 0. The Hall–Kier alpha value is -6.59. The largest absolute Gasteiger partial charge is 0.386 e. The Morgan fingerprint density at radius 3 is 2.42 bits per heavy atom. The molecule has 4 fully saturated rings. The van der Waals surface area contributed by atoms with Crippen LogP contribution in [0.15, 0.2) is 76.1 Å². The number of piperazine rings is 1. The van der Waals surface area contributed by atoms with E-state index in [1.54, 1.807) is 23.9 Å². The van der Waals surface area contributed by atoms with Crippen molar-refractivity contribution in [1.82, 2.24) is 28.5 Å². The number of carbonyl (C=O) groups excluding carboxylic acids is 1. The third-order valence-corrected chi connectivity index (χ3v) is 16.7. The number of nitroso groups, excluding NO2 is 1. The molecule has 1 saturated carbocycles. The zero-order chi connectivity index (χ0) is 50.8. The predicted octanol–water partition coefficient (Wildman–Crippen LogP) is 6.95. The average Bonchev–Trinajstić information content (AvgIpc) is 4.19. The van der Waals surface area contributed by atoms with Crippen molar-refractivity contribution >= 4 is 46.2 Å². The number of imidazole rings is 1. The van der Waals surface area contributed by atoms with Crippen molar-refractivity contribution in [3.63, 3.8) is 0 Å². The minimum atomic E-state index is -1.24. The van der Waals surface area contributed by atoms with Crippen LogP contribution in [0.4, 0.5) is 20.2 Å². The Morgan fingerprint density at radius 2 is 1.71 bits per heavy atom. The van der Waals surface area contributed by atoms with Gasteiger partial charge in [-0.1, -0.05) is 13.0 Å². The van der Waals surface area contributed by atoms with Gasteiger partial charge in [-0.25, -0.2) is 18.2 Å². The number of anilines is 2. The number of rotatable bonds is 10. The lowest BCUT2D eigenvalue weighted by molar-refractivity contribution is -0.643. The molecule has 11 rings (SSSR count). The van der Waals surface area contributed by atoms with Crippen molar-refractivity contribution in [2.24, 2.45) is 11.8 Å². The number of hydrogen-bond acceptors (Lipinski definition) is 9. The summed E-state index contributed by atoms with van der Waals surface area (Å²) in [5.41, 5.74) is 8.47. The number of likely N-dealkylation sites (tertiary alicyclic amines) is 1. The highest BCUT2D eigenvalue weighted by Crippen LogP contribution is 2.40. The molecule has 0 radical (unpaired) electrons. The Bertz CT molecular complexity index is 3220. The molecule has 382 valence electrons. The summed E-state index contributed by atoms with van der Waals surface area (Å²) in [6.07, 6.45) is 14.4. The van der Waals surface area contributed by atoms with Gasteiger partial charge in [-0.05, 0) is 124 Å². The Morgan fingerprint density at radius 1 is 0.932 bits per heavy atom. The van der Waals surface area contributed by atoms with Crippen LogP contribution in [-0.4, -0.2) is 133 Å². The van der Waals surface area contributed by atoms with E-state index in [0.29, 0.717) is 72.8 Å². The van der Waals surface area contributed by atoms with Gasteiger partial charge in [0.2, 0.25) is 0 Å². The van der Waals surface area contributed by atoms with Crippen molar-refractivity contribution in [3.05, 3.63) is 132 Å². The molecule has 2 N–H and O–H groups in total. The molecule has 4 atom stereocenters. The summed E-state index contributed by atoms with van der Waals surface area (Å²) in [7, 11) is 1.58. The molecule has 4 aliphatic heterocycles. The number of piperidine rings is 2. The molecule has 0 spiro atoms. The second kappa shape index (κ2) is 19.7. The maximum absolute atomic E-state index is 16.2. The molecule has 1 amide bonds. The fraction of sp³-hybridized carbons (Fsp3) is 0.482. The summed E-state index contributed by atoms with van der Waals surface area (Å²) < 4.78 is 39.0. The number of aryl methyl sites for hydroxylation is 1. The van der Waals surface area contributed by atoms with E-state index in [0.717, 1.165) is 97.5 Å². The zero-order valence-electron chi connectivity index (χ0n) is 42.3. The smallest absolute Gasteiger partial charge is 0.329 e. The molecule has 6 aliphatic rings. The summed E-state index contributed by atoms with van der Waals surface area (Å²) in [6.45, 7) is 12.4. The summed E-state index contributed by atoms with van der Waals surface area (Å²) in [5.74, 6) is -0.506. The topological polar surface area (TPSA) is 144 Å². The van der Waals surface area contributed by atoms with Crippen LogP contribution in [0.1, 0.15) is 104 Å². The highest BCUT2D eigenvalue weighted by molar-refractivity contribution is 5.95. The molecule has 3 aromatic heterocycles. The molecule has 3 unspecified atom stereocenters. The van der Waals surface area contributed by atoms with E-state index in [-0.39, 0.29) is 53.2 Å². The van der Waals surface area contributed by atoms with E-state index in [9.17, 15) is 28.8 Å². The number of hydrogen-bond donors (Lipinski definition) is 2. The molecule has 73 heavy (non-hydrogen) atoms. The monoisotopic (exact) mass is 997 g/mol. The van der Waals surface area contributed by atoms with Gasteiger partial charge in [0.1, 0.15) is 18.1 Å². The summed E-state index contributed by atoms with van der Waals surface area (Å²) in [4.78, 5) is 64.4. The SMILES string of the molecule is CNc1cc(=O)n(-c2ccnc3c2C=C([C@H](C)N2CC=C(c4c(C)cc(C(=O)N5CCC(C=[N+]6CCN(c7ccc8c(c7)n(C7CC7)c(=O)n8C7CCC[N+](=O)C7O)CC6)CC5)cc4F)CC2)C(C)C3)cc1F. The van der Waals surface area contributed by atoms with E-state index in [1.165, 1.54) is 28.5 Å². The first-order valence-corrected chi connectivity index (χ1v) is 26.3. The van der Waals surface area contributed by atoms with E-state index in [4.69, 9.17) is 0 Å². The molecule has 3 saturated heterocycles. The number of aliphatic hydroxyl groups excluding tert-OH is 1. The lowest BCUT2D eigenvalue weighted by Crippen LogP contribution is -2.44. The van der Waals surface area contributed by atoms with Crippen molar-refractivity contribution in [2.75, 3.05) is 76.2 Å².